The van der Waals surface area contributed by atoms with Gasteiger partial charge in [0.05, 0.1) is 0 Å². The molecule has 0 amide bonds. The van der Waals surface area contributed by atoms with E-state index in [0.29, 0.717) is 17.7 Å². The molecule has 0 spiro atoms. The molecule has 0 aliphatic rings. The molecular formula is C12H13FN2S. The van der Waals surface area contributed by atoms with Crippen molar-refractivity contribution in [3.8, 4) is 0 Å². The molecule has 0 saturated carbocycles. The smallest absolute Gasteiger partial charge is 0.177 e. The molecular weight excluding hydrogens is 223 g/mol. The van der Waals surface area contributed by atoms with E-state index < -0.39 is 0 Å². The number of hydrogen-bond acceptors (Lipinski definition) is 1. The second kappa shape index (κ2) is 4.61. The fourth-order valence-corrected chi connectivity index (χ4v) is 1.99. The molecule has 0 atom stereocenters. The molecule has 0 bridgehead atoms. The molecule has 2 aromatic rings. The van der Waals surface area contributed by atoms with Gasteiger partial charge in [-0.25, -0.2) is 4.39 Å². The van der Waals surface area contributed by atoms with Gasteiger partial charge in [-0.1, -0.05) is 18.2 Å². The highest BCUT2D eigenvalue weighted by Crippen LogP contribution is 2.09. The second-order valence-corrected chi connectivity index (χ2v) is 4.11. The SMILES string of the molecule is Cc1c[nH]c(=S)n1CCc1ccccc1F. The van der Waals surface area contributed by atoms with Crippen LogP contribution >= 0.6 is 12.2 Å². The minimum Gasteiger partial charge on any atom is -0.337 e. The number of nitrogens with zero attached hydrogens (tertiary/aromatic N) is 1. The van der Waals surface area contributed by atoms with E-state index in [1.54, 1.807) is 12.1 Å². The molecule has 16 heavy (non-hydrogen) atoms. The van der Waals surface area contributed by atoms with Crippen LogP contribution < -0.4 is 0 Å². The monoisotopic (exact) mass is 236 g/mol. The molecule has 1 N–H and O–H groups in total. The topological polar surface area (TPSA) is 20.7 Å². The van der Waals surface area contributed by atoms with Crippen LogP contribution in [0.2, 0.25) is 0 Å². The first kappa shape index (κ1) is 11.1. The van der Waals surface area contributed by atoms with Crippen molar-refractivity contribution in [2.24, 2.45) is 0 Å². The molecule has 0 saturated heterocycles. The number of rotatable bonds is 3. The lowest BCUT2D eigenvalue weighted by Crippen LogP contribution is -2.04. The van der Waals surface area contributed by atoms with Gasteiger partial charge in [0.1, 0.15) is 5.82 Å². The van der Waals surface area contributed by atoms with Gasteiger partial charge in [0, 0.05) is 18.4 Å². The van der Waals surface area contributed by atoms with Crippen LogP contribution in [0.4, 0.5) is 4.39 Å². The molecule has 2 rings (SSSR count). The van der Waals surface area contributed by atoms with E-state index in [4.69, 9.17) is 12.2 Å². The minimum absolute atomic E-state index is 0.151. The second-order valence-electron chi connectivity index (χ2n) is 3.73. The Balaban J connectivity index is 2.14. The molecule has 2 nitrogen and oxygen atoms in total. The van der Waals surface area contributed by atoms with Crippen molar-refractivity contribution in [2.45, 2.75) is 19.9 Å². The van der Waals surface area contributed by atoms with E-state index in [2.05, 4.69) is 4.98 Å². The van der Waals surface area contributed by atoms with Crippen LogP contribution in [-0.2, 0) is 13.0 Å². The summed E-state index contributed by atoms with van der Waals surface area (Å²) in [6, 6.07) is 6.84. The van der Waals surface area contributed by atoms with Crippen molar-refractivity contribution in [3.63, 3.8) is 0 Å². The van der Waals surface area contributed by atoms with E-state index in [9.17, 15) is 4.39 Å². The lowest BCUT2D eigenvalue weighted by Gasteiger charge is -2.06. The van der Waals surface area contributed by atoms with Gasteiger partial charge in [0.15, 0.2) is 4.77 Å². The number of benzene rings is 1. The summed E-state index contributed by atoms with van der Waals surface area (Å²) in [6.07, 6.45) is 2.52. The Hall–Kier alpha value is -1.42. The zero-order valence-electron chi connectivity index (χ0n) is 9.03. The Labute approximate surface area is 98.7 Å². The molecule has 0 radical (unpaired) electrons. The normalized spacial score (nSPS) is 10.6. The minimum atomic E-state index is -0.151. The van der Waals surface area contributed by atoms with Crippen LogP contribution in [0.15, 0.2) is 30.5 Å². The largest absolute Gasteiger partial charge is 0.337 e. The van der Waals surface area contributed by atoms with Crippen molar-refractivity contribution >= 4 is 12.2 Å². The van der Waals surface area contributed by atoms with Gasteiger partial charge in [-0.05, 0) is 37.2 Å². The first-order valence-corrected chi connectivity index (χ1v) is 5.57. The predicted octanol–water partition coefficient (Wildman–Crippen LogP) is 3.24. The molecule has 0 aliphatic carbocycles. The van der Waals surface area contributed by atoms with Crippen LogP contribution in [0, 0.1) is 17.5 Å². The summed E-state index contributed by atoms with van der Waals surface area (Å²) in [6.45, 7) is 2.68. The average Bonchev–Trinajstić information content (AvgIpc) is 2.58. The Morgan fingerprint density at radius 2 is 2.12 bits per heavy atom. The zero-order chi connectivity index (χ0) is 11.5. The standard InChI is InChI=1S/C12H13FN2S/c1-9-8-14-12(16)15(9)7-6-10-4-2-3-5-11(10)13/h2-5,8H,6-7H2,1H3,(H,14,16). The summed E-state index contributed by atoms with van der Waals surface area (Å²) in [5.41, 5.74) is 1.80. The van der Waals surface area contributed by atoms with Crippen LogP contribution in [0.3, 0.4) is 0 Å². The van der Waals surface area contributed by atoms with Crippen LogP contribution in [-0.4, -0.2) is 9.55 Å². The lowest BCUT2D eigenvalue weighted by molar-refractivity contribution is 0.589. The summed E-state index contributed by atoms with van der Waals surface area (Å²) >= 11 is 5.13. The maximum Gasteiger partial charge on any atom is 0.177 e. The van der Waals surface area contributed by atoms with Crippen molar-refractivity contribution in [1.29, 1.82) is 0 Å². The third kappa shape index (κ3) is 2.22. The first-order chi connectivity index (χ1) is 7.68. The highest BCUT2D eigenvalue weighted by atomic mass is 32.1. The summed E-state index contributed by atoms with van der Waals surface area (Å²) in [5, 5.41) is 0. The maximum absolute atomic E-state index is 13.4. The Morgan fingerprint density at radius 3 is 2.75 bits per heavy atom. The summed E-state index contributed by atoms with van der Waals surface area (Å²) in [5.74, 6) is -0.151. The van der Waals surface area contributed by atoms with Gasteiger partial charge in [-0.2, -0.15) is 0 Å². The van der Waals surface area contributed by atoms with Crippen molar-refractivity contribution < 1.29 is 4.39 Å². The maximum atomic E-state index is 13.4. The number of nitrogens with one attached hydrogen (secondary N) is 1. The van der Waals surface area contributed by atoms with E-state index in [-0.39, 0.29) is 5.82 Å². The van der Waals surface area contributed by atoms with E-state index >= 15 is 0 Å². The highest BCUT2D eigenvalue weighted by molar-refractivity contribution is 7.71. The Kier molecular flexibility index (Phi) is 3.19. The van der Waals surface area contributed by atoms with E-state index in [0.717, 1.165) is 11.3 Å². The number of aryl methyl sites for hydroxylation is 2. The summed E-state index contributed by atoms with van der Waals surface area (Å²) < 4.78 is 16.0. The predicted molar refractivity (Wildman–Crippen MR) is 64.5 cm³/mol. The number of aromatic amines is 1. The van der Waals surface area contributed by atoms with Gasteiger partial charge in [0.2, 0.25) is 0 Å². The Bertz CT molecular complexity index is 542. The molecule has 1 aromatic heterocycles. The van der Waals surface area contributed by atoms with Gasteiger partial charge in [0.25, 0.3) is 0 Å². The number of halogens is 1. The molecule has 0 unspecified atom stereocenters. The van der Waals surface area contributed by atoms with Crippen molar-refractivity contribution in [3.05, 3.63) is 52.3 Å². The molecule has 4 heteroatoms. The third-order valence-electron chi connectivity index (χ3n) is 2.64. The van der Waals surface area contributed by atoms with Crippen LogP contribution in [0.1, 0.15) is 11.3 Å². The zero-order valence-corrected chi connectivity index (χ0v) is 9.85. The van der Waals surface area contributed by atoms with E-state index in [1.807, 2.05) is 23.8 Å². The summed E-state index contributed by atoms with van der Waals surface area (Å²) in [4.78, 5) is 2.97. The van der Waals surface area contributed by atoms with Crippen LogP contribution in [0.5, 0.6) is 0 Å². The molecule has 0 aliphatic heterocycles. The number of H-pyrrole nitrogens is 1. The first-order valence-electron chi connectivity index (χ1n) is 5.16. The lowest BCUT2D eigenvalue weighted by atomic mass is 10.1. The van der Waals surface area contributed by atoms with Crippen molar-refractivity contribution in [1.82, 2.24) is 9.55 Å². The highest BCUT2D eigenvalue weighted by Gasteiger charge is 2.03. The number of hydrogen-bond donors (Lipinski definition) is 1. The van der Waals surface area contributed by atoms with Crippen LogP contribution in [0.25, 0.3) is 0 Å². The number of aromatic nitrogens is 2. The average molecular weight is 236 g/mol. The van der Waals surface area contributed by atoms with Crippen molar-refractivity contribution in [2.75, 3.05) is 0 Å². The summed E-state index contributed by atoms with van der Waals surface area (Å²) in [7, 11) is 0. The number of imidazole rings is 1. The fourth-order valence-electron chi connectivity index (χ4n) is 1.69. The van der Waals surface area contributed by atoms with Gasteiger partial charge in [-0.3, -0.25) is 0 Å². The fraction of sp³-hybridized carbons (Fsp3) is 0.250. The van der Waals surface area contributed by atoms with Gasteiger partial charge < -0.3 is 9.55 Å². The third-order valence-corrected chi connectivity index (χ3v) is 2.98. The quantitative estimate of drug-likeness (QED) is 0.811. The van der Waals surface area contributed by atoms with Gasteiger partial charge >= 0.3 is 0 Å². The van der Waals surface area contributed by atoms with E-state index in [1.165, 1.54) is 6.07 Å². The molecule has 0 fully saturated rings. The Morgan fingerprint density at radius 1 is 1.38 bits per heavy atom. The molecule has 1 heterocycles. The molecule has 1 aromatic carbocycles. The molecule has 84 valence electrons. The van der Waals surface area contributed by atoms with Gasteiger partial charge in [-0.15, -0.1) is 0 Å².